The van der Waals surface area contributed by atoms with Gasteiger partial charge < -0.3 is 10.4 Å². The quantitative estimate of drug-likeness (QED) is 0.484. The summed E-state index contributed by atoms with van der Waals surface area (Å²) in [6, 6.07) is 0. The average Bonchev–Trinajstić information content (AvgIpc) is 2.76. The number of nitrogens with zero attached hydrogens (tertiary/aromatic N) is 2. The maximum absolute atomic E-state index is 11.0. The summed E-state index contributed by atoms with van der Waals surface area (Å²) in [7, 11) is 1.66. The van der Waals surface area contributed by atoms with E-state index >= 15 is 0 Å². The molecule has 1 aromatic rings. The lowest BCUT2D eigenvalue weighted by Gasteiger charge is -2.23. The van der Waals surface area contributed by atoms with E-state index in [9.17, 15) is 4.79 Å². The van der Waals surface area contributed by atoms with Crippen LogP contribution in [0.1, 0.15) is 19.8 Å². The molecule has 0 bridgehead atoms. The lowest BCUT2D eigenvalue weighted by atomic mass is 9.97. The second-order valence-electron chi connectivity index (χ2n) is 3.63. The van der Waals surface area contributed by atoms with Crippen molar-refractivity contribution in [1.82, 2.24) is 20.5 Å². The summed E-state index contributed by atoms with van der Waals surface area (Å²) in [5, 5.41) is 19.1. The van der Waals surface area contributed by atoms with Crippen LogP contribution in [0.3, 0.4) is 0 Å². The molecule has 0 aliphatic rings. The molecule has 1 heterocycles. The lowest BCUT2D eigenvalue weighted by molar-refractivity contribution is -0.144. The van der Waals surface area contributed by atoms with Crippen molar-refractivity contribution >= 4 is 17.7 Å². The third-order valence-corrected chi connectivity index (χ3v) is 3.44. The molecule has 0 fully saturated rings. The van der Waals surface area contributed by atoms with Crippen LogP contribution in [0.4, 0.5) is 0 Å². The molecule has 0 aliphatic heterocycles. The largest absolute Gasteiger partial charge is 0.480 e. The molecule has 0 spiro atoms. The fraction of sp³-hybridized carbons (Fsp3) is 0.667. The highest BCUT2D eigenvalue weighted by Crippen LogP contribution is 2.17. The minimum Gasteiger partial charge on any atom is -0.480 e. The zero-order valence-corrected chi connectivity index (χ0v) is 10.2. The Morgan fingerprint density at radius 2 is 2.50 bits per heavy atom. The predicted molar refractivity (Wildman–Crippen MR) is 61.4 cm³/mol. The van der Waals surface area contributed by atoms with Gasteiger partial charge in [-0.3, -0.25) is 9.89 Å². The molecule has 0 amide bonds. The third-order valence-electron chi connectivity index (χ3n) is 2.48. The monoisotopic (exact) mass is 244 g/mol. The van der Waals surface area contributed by atoms with Crippen LogP contribution in [0.15, 0.2) is 11.5 Å². The molecule has 0 aromatic carbocycles. The number of aliphatic carboxylic acids is 1. The second kappa shape index (κ2) is 5.86. The molecule has 0 aliphatic carbocycles. The van der Waals surface area contributed by atoms with Gasteiger partial charge in [-0.05, 0) is 26.8 Å². The number of H-pyrrole nitrogens is 1. The first kappa shape index (κ1) is 13.0. The minimum atomic E-state index is -0.845. The SMILES string of the molecule is CNC(C)(CCCSc1ncn[nH]1)C(=O)O. The van der Waals surface area contributed by atoms with E-state index in [2.05, 4.69) is 20.5 Å². The molecule has 3 N–H and O–H groups in total. The number of likely N-dealkylation sites (N-methyl/N-ethyl adjacent to an activating group) is 1. The number of aromatic amines is 1. The molecule has 1 unspecified atom stereocenters. The van der Waals surface area contributed by atoms with E-state index in [1.54, 1.807) is 25.7 Å². The number of carbonyl (C=O) groups is 1. The van der Waals surface area contributed by atoms with Crippen LogP contribution in [-0.2, 0) is 4.79 Å². The van der Waals surface area contributed by atoms with Crippen LogP contribution in [-0.4, -0.2) is 44.6 Å². The van der Waals surface area contributed by atoms with E-state index in [-0.39, 0.29) is 0 Å². The van der Waals surface area contributed by atoms with Gasteiger partial charge in [-0.1, -0.05) is 11.8 Å². The Hall–Kier alpha value is -1.08. The number of nitrogens with one attached hydrogen (secondary N) is 2. The Kier molecular flexibility index (Phi) is 4.75. The zero-order chi connectivity index (χ0) is 12.0. The molecule has 90 valence electrons. The maximum atomic E-state index is 11.0. The normalized spacial score (nSPS) is 14.6. The molecular formula is C9H16N4O2S. The molecule has 0 radical (unpaired) electrons. The molecular weight excluding hydrogens is 228 g/mol. The van der Waals surface area contributed by atoms with Gasteiger partial charge in [0.1, 0.15) is 11.9 Å². The highest BCUT2D eigenvalue weighted by atomic mass is 32.2. The summed E-state index contributed by atoms with van der Waals surface area (Å²) >= 11 is 1.54. The van der Waals surface area contributed by atoms with Crippen molar-refractivity contribution in [1.29, 1.82) is 0 Å². The van der Waals surface area contributed by atoms with Crippen molar-refractivity contribution in [2.75, 3.05) is 12.8 Å². The van der Waals surface area contributed by atoms with Gasteiger partial charge in [-0.15, -0.1) is 0 Å². The smallest absolute Gasteiger partial charge is 0.323 e. The zero-order valence-electron chi connectivity index (χ0n) is 9.36. The lowest BCUT2D eigenvalue weighted by Crippen LogP contribution is -2.47. The van der Waals surface area contributed by atoms with Gasteiger partial charge in [0.25, 0.3) is 0 Å². The highest BCUT2D eigenvalue weighted by Gasteiger charge is 2.30. The number of rotatable bonds is 7. The molecule has 16 heavy (non-hydrogen) atoms. The Balaban J connectivity index is 2.26. The fourth-order valence-electron chi connectivity index (χ4n) is 1.20. The number of hydrogen-bond acceptors (Lipinski definition) is 5. The van der Waals surface area contributed by atoms with Crippen molar-refractivity contribution < 1.29 is 9.90 Å². The van der Waals surface area contributed by atoms with Crippen LogP contribution in [0.25, 0.3) is 0 Å². The number of thioether (sulfide) groups is 1. The maximum Gasteiger partial charge on any atom is 0.323 e. The van der Waals surface area contributed by atoms with Crippen molar-refractivity contribution in [2.24, 2.45) is 0 Å². The van der Waals surface area contributed by atoms with Crippen LogP contribution in [0.2, 0.25) is 0 Å². The summed E-state index contributed by atoms with van der Waals surface area (Å²) < 4.78 is 0. The van der Waals surface area contributed by atoms with Crippen molar-refractivity contribution in [3.05, 3.63) is 6.33 Å². The van der Waals surface area contributed by atoms with Crippen molar-refractivity contribution in [3.8, 4) is 0 Å². The second-order valence-corrected chi connectivity index (χ2v) is 4.71. The molecule has 0 saturated heterocycles. The van der Waals surface area contributed by atoms with Crippen LogP contribution >= 0.6 is 11.8 Å². The fourth-order valence-corrected chi connectivity index (χ4v) is 1.92. The Morgan fingerprint density at radius 3 is 3.00 bits per heavy atom. The van der Waals surface area contributed by atoms with E-state index in [0.29, 0.717) is 6.42 Å². The van der Waals surface area contributed by atoms with Gasteiger partial charge in [0.2, 0.25) is 0 Å². The summed E-state index contributed by atoms with van der Waals surface area (Å²) in [6.07, 6.45) is 2.84. The van der Waals surface area contributed by atoms with Gasteiger partial charge in [0.05, 0.1) is 0 Å². The third kappa shape index (κ3) is 3.49. The van der Waals surface area contributed by atoms with E-state index in [1.165, 1.54) is 6.33 Å². The van der Waals surface area contributed by atoms with Gasteiger partial charge in [-0.2, -0.15) is 5.10 Å². The van der Waals surface area contributed by atoms with Crippen LogP contribution < -0.4 is 5.32 Å². The van der Waals surface area contributed by atoms with E-state index in [1.807, 2.05) is 0 Å². The van der Waals surface area contributed by atoms with E-state index in [0.717, 1.165) is 17.3 Å². The van der Waals surface area contributed by atoms with Crippen LogP contribution in [0, 0.1) is 0 Å². The number of carboxylic acid groups (broad SMARTS) is 1. The summed E-state index contributed by atoms with van der Waals surface area (Å²) in [5.74, 6) is -0.000565. The van der Waals surface area contributed by atoms with Gasteiger partial charge in [0.15, 0.2) is 5.16 Å². The molecule has 1 aromatic heterocycles. The number of carboxylic acids is 1. The Labute approximate surface area is 98.2 Å². The molecule has 0 saturated carbocycles. The minimum absolute atomic E-state index is 0.583. The first-order chi connectivity index (χ1) is 7.58. The number of hydrogen-bond donors (Lipinski definition) is 3. The van der Waals surface area contributed by atoms with Gasteiger partial charge >= 0.3 is 5.97 Å². The predicted octanol–water partition coefficient (Wildman–Crippen LogP) is 0.740. The first-order valence-electron chi connectivity index (χ1n) is 4.99. The highest BCUT2D eigenvalue weighted by molar-refractivity contribution is 7.99. The van der Waals surface area contributed by atoms with Gasteiger partial charge in [0, 0.05) is 5.75 Å². The summed E-state index contributed by atoms with van der Waals surface area (Å²) in [5.41, 5.74) is -0.845. The Morgan fingerprint density at radius 1 is 1.75 bits per heavy atom. The molecule has 6 nitrogen and oxygen atoms in total. The summed E-state index contributed by atoms with van der Waals surface area (Å²) in [4.78, 5) is 14.9. The molecule has 1 rings (SSSR count). The molecule has 7 heteroatoms. The topological polar surface area (TPSA) is 90.9 Å². The van der Waals surface area contributed by atoms with Crippen molar-refractivity contribution in [2.45, 2.75) is 30.5 Å². The van der Waals surface area contributed by atoms with Crippen LogP contribution in [0.5, 0.6) is 0 Å². The van der Waals surface area contributed by atoms with Crippen molar-refractivity contribution in [3.63, 3.8) is 0 Å². The number of aromatic nitrogens is 3. The van der Waals surface area contributed by atoms with Gasteiger partial charge in [-0.25, -0.2) is 4.98 Å². The first-order valence-corrected chi connectivity index (χ1v) is 5.97. The Bertz CT molecular complexity index is 330. The average molecular weight is 244 g/mol. The molecule has 1 atom stereocenters. The standard InChI is InChI=1S/C9H16N4O2S/c1-9(10-2,7(14)15)4-3-5-16-8-11-6-12-13-8/h6,10H,3-5H2,1-2H3,(H,14,15)(H,11,12,13). The summed E-state index contributed by atoms with van der Waals surface area (Å²) in [6.45, 7) is 1.69. The van der Waals surface area contributed by atoms with E-state index < -0.39 is 11.5 Å². The van der Waals surface area contributed by atoms with E-state index in [4.69, 9.17) is 5.11 Å².